The van der Waals surface area contributed by atoms with E-state index in [9.17, 15) is 4.79 Å². The van der Waals surface area contributed by atoms with E-state index in [4.69, 9.17) is 9.47 Å². The monoisotopic (exact) mass is 326 g/mol. The van der Waals surface area contributed by atoms with Gasteiger partial charge >= 0.3 is 5.97 Å². The third-order valence-corrected chi connectivity index (χ3v) is 4.98. The smallest absolute Gasteiger partial charge is 0.340 e. The Morgan fingerprint density at radius 1 is 0.826 bits per heavy atom. The molecule has 0 spiro atoms. The third kappa shape index (κ3) is 9.34. The van der Waals surface area contributed by atoms with Gasteiger partial charge in [0.1, 0.15) is 0 Å². The maximum absolute atomic E-state index is 11.5. The van der Waals surface area contributed by atoms with Crippen LogP contribution in [0.2, 0.25) is 0 Å². The summed E-state index contributed by atoms with van der Waals surface area (Å²) in [6, 6.07) is 0. The van der Waals surface area contributed by atoms with Crippen LogP contribution >= 0.6 is 0 Å². The molecule has 0 aromatic carbocycles. The summed E-state index contributed by atoms with van der Waals surface area (Å²) in [6.07, 6.45) is 19.8. The second-order valence-corrected chi connectivity index (χ2v) is 7.12. The summed E-state index contributed by atoms with van der Waals surface area (Å²) in [5, 5.41) is 0. The molecule has 1 atom stereocenters. The first-order chi connectivity index (χ1) is 11.2. The largest absolute Gasteiger partial charge is 0.467 e. The lowest BCUT2D eigenvalue weighted by Gasteiger charge is -2.08. The van der Waals surface area contributed by atoms with Crippen LogP contribution in [-0.4, -0.2) is 25.3 Å². The zero-order valence-electron chi connectivity index (χ0n) is 15.5. The van der Waals surface area contributed by atoms with Crippen LogP contribution in [0.1, 0.15) is 103 Å². The Hall–Kier alpha value is -0.570. The van der Waals surface area contributed by atoms with E-state index in [-0.39, 0.29) is 5.97 Å². The second-order valence-electron chi connectivity index (χ2n) is 7.12. The van der Waals surface area contributed by atoms with Crippen molar-refractivity contribution in [2.24, 2.45) is 0 Å². The Bertz CT molecular complexity index is 297. The van der Waals surface area contributed by atoms with Crippen molar-refractivity contribution >= 4 is 5.97 Å². The molecule has 0 amide bonds. The third-order valence-electron chi connectivity index (χ3n) is 4.98. The van der Waals surface area contributed by atoms with Gasteiger partial charge in [-0.15, -0.1) is 0 Å². The van der Waals surface area contributed by atoms with Crippen molar-refractivity contribution in [1.82, 2.24) is 0 Å². The van der Waals surface area contributed by atoms with Gasteiger partial charge in [-0.2, -0.15) is 0 Å². The molecule has 1 aliphatic heterocycles. The van der Waals surface area contributed by atoms with E-state index < -0.39 is 5.60 Å². The first kappa shape index (κ1) is 20.5. The van der Waals surface area contributed by atoms with E-state index in [0.717, 1.165) is 12.8 Å². The molecule has 0 unspecified atom stereocenters. The van der Waals surface area contributed by atoms with Crippen molar-refractivity contribution in [3.8, 4) is 0 Å². The van der Waals surface area contributed by atoms with Crippen LogP contribution < -0.4 is 0 Å². The highest BCUT2D eigenvalue weighted by atomic mass is 16.6. The van der Waals surface area contributed by atoms with Crippen molar-refractivity contribution in [2.75, 3.05) is 13.7 Å². The summed E-state index contributed by atoms with van der Waals surface area (Å²) in [5.74, 6) is -0.188. The lowest BCUT2D eigenvalue weighted by molar-refractivity contribution is -0.147. The molecule has 0 bridgehead atoms. The molecule has 3 heteroatoms. The normalized spacial score (nSPS) is 19.7. The summed E-state index contributed by atoms with van der Waals surface area (Å²) >= 11 is 0. The number of esters is 1. The Balaban J connectivity index is 1.76. The second kappa shape index (κ2) is 12.8. The van der Waals surface area contributed by atoms with Gasteiger partial charge in [-0.1, -0.05) is 90.4 Å². The highest BCUT2D eigenvalue weighted by molar-refractivity contribution is 5.82. The van der Waals surface area contributed by atoms with E-state index in [0.29, 0.717) is 6.61 Å². The first-order valence-corrected chi connectivity index (χ1v) is 9.97. The minimum atomic E-state index is -0.564. The fourth-order valence-electron chi connectivity index (χ4n) is 3.24. The SMILES string of the molecule is CCCCCCCCCCCCCCCC[C@@]1(C(=O)OC)CO1. The average molecular weight is 327 g/mol. The number of rotatable bonds is 16. The van der Waals surface area contributed by atoms with Crippen molar-refractivity contribution in [1.29, 1.82) is 0 Å². The highest BCUT2D eigenvalue weighted by Gasteiger charge is 2.52. The van der Waals surface area contributed by atoms with Gasteiger partial charge in [-0.25, -0.2) is 4.79 Å². The molecule has 1 fully saturated rings. The summed E-state index contributed by atoms with van der Waals surface area (Å²) in [6.45, 7) is 2.83. The molecule has 1 heterocycles. The van der Waals surface area contributed by atoms with Gasteiger partial charge in [0.15, 0.2) is 5.60 Å². The van der Waals surface area contributed by atoms with Crippen LogP contribution in [-0.2, 0) is 14.3 Å². The van der Waals surface area contributed by atoms with Crippen molar-refractivity contribution in [3.63, 3.8) is 0 Å². The van der Waals surface area contributed by atoms with Gasteiger partial charge in [-0.3, -0.25) is 0 Å². The lowest BCUT2D eigenvalue weighted by Crippen LogP contribution is -2.25. The van der Waals surface area contributed by atoms with Crippen LogP contribution in [0.5, 0.6) is 0 Å². The van der Waals surface area contributed by atoms with Crippen molar-refractivity contribution in [3.05, 3.63) is 0 Å². The highest BCUT2D eigenvalue weighted by Crippen LogP contribution is 2.34. The number of hydrogen-bond donors (Lipinski definition) is 0. The molecule has 0 aliphatic carbocycles. The van der Waals surface area contributed by atoms with Gasteiger partial charge in [0.05, 0.1) is 13.7 Å². The van der Waals surface area contributed by atoms with Crippen molar-refractivity contribution < 1.29 is 14.3 Å². The van der Waals surface area contributed by atoms with Gasteiger partial charge < -0.3 is 9.47 Å². The van der Waals surface area contributed by atoms with Crippen LogP contribution in [0, 0.1) is 0 Å². The Morgan fingerprint density at radius 2 is 1.22 bits per heavy atom. The predicted octanol–water partition coefficient (Wildman–Crippen LogP) is 5.80. The fraction of sp³-hybridized carbons (Fsp3) is 0.950. The number of epoxide rings is 1. The molecular weight excluding hydrogens is 288 g/mol. The molecule has 1 saturated heterocycles. The summed E-state index contributed by atoms with van der Waals surface area (Å²) in [4.78, 5) is 11.5. The summed E-state index contributed by atoms with van der Waals surface area (Å²) < 4.78 is 10.1. The average Bonchev–Trinajstić information content (AvgIpc) is 3.35. The van der Waals surface area contributed by atoms with E-state index in [1.807, 2.05) is 0 Å². The first-order valence-electron chi connectivity index (χ1n) is 9.97. The number of carbonyl (C=O) groups is 1. The Kier molecular flexibility index (Phi) is 11.4. The molecule has 136 valence electrons. The number of ether oxygens (including phenoxy) is 2. The van der Waals surface area contributed by atoms with Crippen LogP contribution in [0.3, 0.4) is 0 Å². The molecule has 23 heavy (non-hydrogen) atoms. The lowest BCUT2D eigenvalue weighted by atomic mass is 10.0. The standard InChI is InChI=1S/C20H38O3/c1-3-4-5-6-7-8-9-10-11-12-13-14-15-16-17-20(18-23-20)19(21)22-2/h3-18H2,1-2H3/t20-/m0/s1. The van der Waals surface area contributed by atoms with E-state index in [1.165, 1.54) is 90.6 Å². The molecule has 0 N–H and O–H groups in total. The molecule has 1 aliphatic rings. The van der Waals surface area contributed by atoms with Crippen LogP contribution in [0.4, 0.5) is 0 Å². The van der Waals surface area contributed by atoms with Gasteiger partial charge in [0.2, 0.25) is 0 Å². The number of carbonyl (C=O) groups excluding carboxylic acids is 1. The molecule has 3 nitrogen and oxygen atoms in total. The number of methoxy groups -OCH3 is 1. The number of hydrogen-bond acceptors (Lipinski definition) is 3. The summed E-state index contributed by atoms with van der Waals surface area (Å²) in [7, 11) is 1.44. The van der Waals surface area contributed by atoms with Gasteiger partial charge in [0.25, 0.3) is 0 Å². The van der Waals surface area contributed by atoms with Gasteiger partial charge in [0, 0.05) is 0 Å². The van der Waals surface area contributed by atoms with E-state index in [1.54, 1.807) is 0 Å². The topological polar surface area (TPSA) is 38.8 Å². The minimum absolute atomic E-state index is 0.188. The van der Waals surface area contributed by atoms with Crippen LogP contribution in [0.15, 0.2) is 0 Å². The quantitative estimate of drug-likeness (QED) is 0.204. The molecule has 1 rings (SSSR count). The zero-order valence-corrected chi connectivity index (χ0v) is 15.5. The summed E-state index contributed by atoms with van der Waals surface area (Å²) in [5.41, 5.74) is -0.564. The Morgan fingerprint density at radius 3 is 1.57 bits per heavy atom. The minimum Gasteiger partial charge on any atom is -0.467 e. The molecule has 0 aromatic rings. The zero-order chi connectivity index (χ0) is 16.8. The van der Waals surface area contributed by atoms with Gasteiger partial charge in [-0.05, 0) is 12.8 Å². The number of unbranched alkanes of at least 4 members (excludes halogenated alkanes) is 13. The maximum Gasteiger partial charge on any atom is 0.340 e. The maximum atomic E-state index is 11.5. The molecule has 0 aromatic heterocycles. The van der Waals surface area contributed by atoms with E-state index >= 15 is 0 Å². The molecular formula is C20H38O3. The fourth-order valence-corrected chi connectivity index (χ4v) is 3.24. The molecule has 0 radical (unpaired) electrons. The Labute approximate surface area is 143 Å². The van der Waals surface area contributed by atoms with Crippen LogP contribution in [0.25, 0.3) is 0 Å². The van der Waals surface area contributed by atoms with E-state index in [2.05, 4.69) is 6.92 Å². The predicted molar refractivity (Wildman–Crippen MR) is 95.6 cm³/mol. The molecule has 0 saturated carbocycles. The van der Waals surface area contributed by atoms with Crippen molar-refractivity contribution in [2.45, 2.75) is 109 Å².